The van der Waals surface area contributed by atoms with Crippen LogP contribution in [0.25, 0.3) is 0 Å². The van der Waals surface area contributed by atoms with Crippen LogP contribution in [0.4, 0.5) is 10.1 Å². The second kappa shape index (κ2) is 5.95. The molecule has 2 fully saturated rings. The lowest BCUT2D eigenvalue weighted by atomic mass is 10.1. The summed E-state index contributed by atoms with van der Waals surface area (Å²) >= 11 is 0. The summed E-state index contributed by atoms with van der Waals surface area (Å²) in [6.07, 6.45) is 0. The number of rotatable bonds is 3. The molecule has 0 aliphatic carbocycles. The van der Waals surface area contributed by atoms with Gasteiger partial charge in [0.05, 0.1) is 13.2 Å². The molecule has 10 heteroatoms. The Morgan fingerprint density at radius 3 is 2.61 bits per heavy atom. The molecule has 23 heavy (non-hydrogen) atoms. The summed E-state index contributed by atoms with van der Waals surface area (Å²) in [6.45, 7) is 2.07. The Bertz CT molecular complexity index is 733. The number of ether oxygens (including phenoxy) is 1. The number of phenols is 1. The van der Waals surface area contributed by atoms with Crippen molar-refractivity contribution in [2.45, 2.75) is 6.54 Å². The summed E-state index contributed by atoms with van der Waals surface area (Å²) < 4.78 is 46.0. The van der Waals surface area contributed by atoms with Gasteiger partial charge in [-0.05, 0) is 6.07 Å². The molecule has 2 heterocycles. The van der Waals surface area contributed by atoms with Crippen molar-refractivity contribution in [2.24, 2.45) is 0 Å². The second-order valence-corrected chi connectivity index (χ2v) is 6.93. The number of nitrogens with zero attached hydrogens (tertiary/aromatic N) is 2. The van der Waals surface area contributed by atoms with Gasteiger partial charge >= 0.3 is 10.2 Å². The fourth-order valence-corrected chi connectivity index (χ4v) is 3.77. The lowest BCUT2D eigenvalue weighted by molar-refractivity contribution is -0.117. The fourth-order valence-electron chi connectivity index (χ4n) is 2.60. The van der Waals surface area contributed by atoms with E-state index in [-0.39, 0.29) is 12.1 Å². The standard InChI is InChI=1S/C13H16FN3O5S/c14-12-9(7-16-3-5-22-6-4-16)1-2-10(18)13(12)17-8-11(19)15-23(17,20)21/h1-2,18H,3-8H2,(H,15,19). The number of aromatic hydroxyl groups is 1. The molecule has 3 rings (SSSR count). The summed E-state index contributed by atoms with van der Waals surface area (Å²) in [7, 11) is -4.18. The molecule has 0 atom stereocenters. The molecule has 0 aromatic heterocycles. The van der Waals surface area contributed by atoms with Crippen molar-refractivity contribution in [3.8, 4) is 5.75 Å². The zero-order chi connectivity index (χ0) is 16.6. The van der Waals surface area contributed by atoms with Gasteiger partial charge in [0, 0.05) is 25.2 Å². The van der Waals surface area contributed by atoms with Crippen LogP contribution >= 0.6 is 0 Å². The van der Waals surface area contributed by atoms with Gasteiger partial charge in [-0.1, -0.05) is 6.07 Å². The summed E-state index contributed by atoms with van der Waals surface area (Å²) in [6, 6.07) is 2.63. The van der Waals surface area contributed by atoms with Gasteiger partial charge in [0.25, 0.3) is 5.91 Å². The number of hydrogen-bond acceptors (Lipinski definition) is 6. The SMILES string of the molecule is O=C1CN(c2c(O)ccc(CN3CCOCC3)c2F)S(=O)(=O)N1. The van der Waals surface area contributed by atoms with E-state index in [1.165, 1.54) is 12.1 Å². The predicted molar refractivity (Wildman–Crippen MR) is 78.6 cm³/mol. The van der Waals surface area contributed by atoms with E-state index in [9.17, 15) is 22.7 Å². The van der Waals surface area contributed by atoms with Crippen molar-refractivity contribution >= 4 is 21.8 Å². The van der Waals surface area contributed by atoms with Crippen LogP contribution in [-0.2, 0) is 26.3 Å². The summed E-state index contributed by atoms with van der Waals surface area (Å²) in [5.74, 6) is -2.16. The highest BCUT2D eigenvalue weighted by Gasteiger charge is 2.37. The number of carbonyl (C=O) groups is 1. The molecule has 0 bridgehead atoms. The van der Waals surface area contributed by atoms with E-state index < -0.39 is 39.9 Å². The minimum atomic E-state index is -4.18. The highest BCUT2D eigenvalue weighted by atomic mass is 32.2. The molecule has 2 saturated heterocycles. The first-order valence-electron chi connectivity index (χ1n) is 7.02. The van der Waals surface area contributed by atoms with Crippen molar-refractivity contribution in [2.75, 3.05) is 37.2 Å². The van der Waals surface area contributed by atoms with E-state index in [4.69, 9.17) is 4.74 Å². The lowest BCUT2D eigenvalue weighted by Crippen LogP contribution is -2.36. The summed E-state index contributed by atoms with van der Waals surface area (Å²) in [5, 5.41) is 9.88. The van der Waals surface area contributed by atoms with Crippen LogP contribution in [0.5, 0.6) is 5.75 Å². The number of anilines is 1. The Morgan fingerprint density at radius 2 is 2.00 bits per heavy atom. The fraction of sp³-hybridized carbons (Fsp3) is 0.462. The highest BCUT2D eigenvalue weighted by Crippen LogP contribution is 2.35. The molecule has 126 valence electrons. The van der Waals surface area contributed by atoms with Crippen molar-refractivity contribution < 1.29 is 27.4 Å². The number of benzene rings is 1. The maximum absolute atomic E-state index is 14.7. The average Bonchev–Trinajstić information content (AvgIpc) is 2.76. The van der Waals surface area contributed by atoms with Crippen LogP contribution in [0.1, 0.15) is 5.56 Å². The molecular weight excluding hydrogens is 329 g/mol. The number of hydrogen-bond donors (Lipinski definition) is 2. The summed E-state index contributed by atoms with van der Waals surface area (Å²) in [4.78, 5) is 13.3. The highest BCUT2D eigenvalue weighted by molar-refractivity contribution is 7.92. The van der Waals surface area contributed by atoms with Gasteiger partial charge in [-0.2, -0.15) is 8.42 Å². The molecule has 0 spiro atoms. The van der Waals surface area contributed by atoms with Crippen molar-refractivity contribution in [3.05, 3.63) is 23.5 Å². The van der Waals surface area contributed by atoms with Crippen LogP contribution < -0.4 is 9.03 Å². The third kappa shape index (κ3) is 3.09. The van der Waals surface area contributed by atoms with Crippen molar-refractivity contribution in [3.63, 3.8) is 0 Å². The zero-order valence-corrected chi connectivity index (χ0v) is 13.0. The molecule has 2 N–H and O–H groups in total. The molecule has 1 amide bonds. The number of amides is 1. The summed E-state index contributed by atoms with van der Waals surface area (Å²) in [5.41, 5.74) is -0.261. The van der Waals surface area contributed by atoms with Crippen LogP contribution in [0, 0.1) is 5.82 Å². The molecule has 2 aliphatic heterocycles. The van der Waals surface area contributed by atoms with Gasteiger partial charge in [0.15, 0.2) is 5.82 Å². The van der Waals surface area contributed by atoms with Crippen LogP contribution in [0.2, 0.25) is 0 Å². The molecule has 0 saturated carbocycles. The van der Waals surface area contributed by atoms with Gasteiger partial charge in [-0.25, -0.2) is 13.4 Å². The first kappa shape index (κ1) is 16.0. The predicted octanol–water partition coefficient (Wildman–Crippen LogP) is -0.456. The Labute approximate surface area is 132 Å². The molecule has 8 nitrogen and oxygen atoms in total. The van der Waals surface area contributed by atoms with E-state index in [1.807, 2.05) is 4.90 Å². The minimum Gasteiger partial charge on any atom is -0.506 e. The zero-order valence-electron chi connectivity index (χ0n) is 12.2. The average molecular weight is 345 g/mol. The largest absolute Gasteiger partial charge is 0.506 e. The van der Waals surface area contributed by atoms with Crippen molar-refractivity contribution in [1.82, 2.24) is 9.62 Å². The van der Waals surface area contributed by atoms with E-state index >= 15 is 0 Å². The first-order valence-corrected chi connectivity index (χ1v) is 8.46. The third-order valence-corrected chi connectivity index (χ3v) is 5.12. The Morgan fingerprint density at radius 1 is 1.30 bits per heavy atom. The maximum atomic E-state index is 14.7. The van der Waals surface area contributed by atoms with Crippen LogP contribution in [0.3, 0.4) is 0 Å². The molecule has 1 aromatic carbocycles. The maximum Gasteiger partial charge on any atom is 0.326 e. The van der Waals surface area contributed by atoms with Gasteiger partial charge < -0.3 is 9.84 Å². The number of halogens is 1. The number of morpholine rings is 1. The Balaban J connectivity index is 1.94. The smallest absolute Gasteiger partial charge is 0.326 e. The van der Waals surface area contributed by atoms with Crippen molar-refractivity contribution in [1.29, 1.82) is 0 Å². The quantitative estimate of drug-likeness (QED) is 0.769. The Hall–Kier alpha value is -1.91. The monoisotopic (exact) mass is 345 g/mol. The molecular formula is C13H16FN3O5S. The number of phenolic OH excluding ortho intramolecular Hbond substituents is 1. The molecule has 0 unspecified atom stereocenters. The van der Waals surface area contributed by atoms with Gasteiger partial charge in [-0.15, -0.1) is 0 Å². The van der Waals surface area contributed by atoms with E-state index in [1.54, 1.807) is 4.72 Å². The Kier molecular flexibility index (Phi) is 4.13. The first-order chi connectivity index (χ1) is 10.9. The molecule has 0 radical (unpaired) electrons. The van der Waals surface area contributed by atoms with E-state index in [0.717, 1.165) is 0 Å². The van der Waals surface area contributed by atoms with Crippen LogP contribution in [0.15, 0.2) is 12.1 Å². The van der Waals surface area contributed by atoms with E-state index in [2.05, 4.69) is 0 Å². The lowest BCUT2D eigenvalue weighted by Gasteiger charge is -2.27. The van der Waals surface area contributed by atoms with Crippen LogP contribution in [-0.4, -0.2) is 57.2 Å². The molecule has 1 aromatic rings. The third-order valence-electron chi connectivity index (χ3n) is 3.74. The number of carbonyl (C=O) groups excluding carboxylic acids is 1. The van der Waals surface area contributed by atoms with Gasteiger partial charge in [-0.3, -0.25) is 9.69 Å². The molecule has 2 aliphatic rings. The second-order valence-electron chi connectivity index (χ2n) is 5.33. The van der Waals surface area contributed by atoms with Gasteiger partial charge in [0.1, 0.15) is 18.0 Å². The number of nitrogens with one attached hydrogen (secondary N) is 1. The minimum absolute atomic E-state index is 0.245. The van der Waals surface area contributed by atoms with E-state index in [0.29, 0.717) is 30.6 Å². The van der Waals surface area contributed by atoms with Gasteiger partial charge in [0.2, 0.25) is 0 Å². The topological polar surface area (TPSA) is 99.2 Å². The normalized spacial score (nSPS) is 21.4.